The average Bonchev–Trinajstić information content (AvgIpc) is 2.76. The van der Waals surface area contributed by atoms with E-state index in [1.54, 1.807) is 0 Å². The second-order valence-electron chi connectivity index (χ2n) is 6.63. The van der Waals surface area contributed by atoms with Gasteiger partial charge in [-0.1, -0.05) is 0 Å². The lowest BCUT2D eigenvalue weighted by Crippen LogP contribution is -2.44. The van der Waals surface area contributed by atoms with Crippen molar-refractivity contribution in [2.45, 2.75) is 44.6 Å². The van der Waals surface area contributed by atoms with Crippen LogP contribution in [0, 0.1) is 23.7 Å². The zero-order valence-corrected chi connectivity index (χ0v) is 10.8. The molecule has 0 spiro atoms. The fraction of sp³-hybridized carbons (Fsp3) is 0.857. The minimum absolute atomic E-state index is 0.673. The minimum atomic E-state index is 0.673. The molecule has 4 aliphatic carbocycles. The molecule has 4 fully saturated rings. The molecule has 18 heavy (non-hydrogen) atoms. The summed E-state index contributed by atoms with van der Waals surface area (Å²) in [5, 5.41) is 8.57. The first-order chi connectivity index (χ1) is 8.85. The number of hydrogen-bond donors (Lipinski definition) is 1. The summed E-state index contributed by atoms with van der Waals surface area (Å²) < 4.78 is 2.20. The van der Waals surface area contributed by atoms with Crippen LogP contribution in [-0.4, -0.2) is 21.3 Å². The van der Waals surface area contributed by atoms with Crippen LogP contribution in [0.15, 0.2) is 6.33 Å². The van der Waals surface area contributed by atoms with E-state index in [0.29, 0.717) is 12.5 Å². The zero-order chi connectivity index (χ0) is 12.1. The van der Waals surface area contributed by atoms with Gasteiger partial charge < -0.3 is 10.3 Å². The Hall–Kier alpha value is -0.900. The van der Waals surface area contributed by atoms with Crippen LogP contribution in [0.25, 0.3) is 0 Å². The van der Waals surface area contributed by atoms with E-state index in [2.05, 4.69) is 14.8 Å². The van der Waals surface area contributed by atoms with Crippen molar-refractivity contribution in [3.8, 4) is 0 Å². The van der Waals surface area contributed by atoms with E-state index in [4.69, 9.17) is 5.73 Å². The molecule has 5 rings (SSSR count). The molecular weight excluding hydrogens is 224 g/mol. The van der Waals surface area contributed by atoms with Crippen LogP contribution in [0.4, 0.5) is 0 Å². The fourth-order valence-electron chi connectivity index (χ4n) is 5.18. The highest BCUT2D eigenvalue weighted by molar-refractivity contribution is 5.11. The number of nitrogens with two attached hydrogens (primary N) is 1. The first-order valence-corrected chi connectivity index (χ1v) is 7.43. The van der Waals surface area contributed by atoms with Gasteiger partial charge >= 0.3 is 0 Å². The third-order valence-electron chi connectivity index (χ3n) is 5.54. The van der Waals surface area contributed by atoms with E-state index in [9.17, 15) is 0 Å². The van der Waals surface area contributed by atoms with Gasteiger partial charge in [0.25, 0.3) is 0 Å². The van der Waals surface area contributed by atoms with Crippen molar-refractivity contribution in [1.29, 1.82) is 0 Å². The van der Waals surface area contributed by atoms with Gasteiger partial charge in [0, 0.05) is 19.0 Å². The Morgan fingerprint density at radius 3 is 2.39 bits per heavy atom. The molecule has 1 aromatic heterocycles. The van der Waals surface area contributed by atoms with E-state index in [1.807, 2.05) is 6.33 Å². The van der Waals surface area contributed by atoms with Gasteiger partial charge in [0.15, 0.2) is 0 Å². The first-order valence-electron chi connectivity index (χ1n) is 7.43. The SMILES string of the molecule is NCCn1cnnc1C1C2CC3CC(C2)CC1C3. The lowest BCUT2D eigenvalue weighted by Gasteiger charge is -2.54. The molecule has 0 saturated heterocycles. The molecule has 1 heterocycles. The van der Waals surface area contributed by atoms with Crippen LogP contribution in [0.5, 0.6) is 0 Å². The average molecular weight is 246 g/mol. The summed E-state index contributed by atoms with van der Waals surface area (Å²) in [6.07, 6.45) is 9.13. The second-order valence-corrected chi connectivity index (χ2v) is 6.63. The van der Waals surface area contributed by atoms with Crippen LogP contribution in [-0.2, 0) is 6.54 Å². The summed E-state index contributed by atoms with van der Waals surface area (Å²) in [7, 11) is 0. The van der Waals surface area contributed by atoms with Crippen molar-refractivity contribution in [3.63, 3.8) is 0 Å². The van der Waals surface area contributed by atoms with Crippen molar-refractivity contribution in [2.75, 3.05) is 6.54 Å². The molecule has 0 aliphatic heterocycles. The maximum absolute atomic E-state index is 5.69. The zero-order valence-electron chi connectivity index (χ0n) is 10.8. The smallest absolute Gasteiger partial charge is 0.136 e. The van der Waals surface area contributed by atoms with Crippen molar-refractivity contribution in [1.82, 2.24) is 14.8 Å². The molecule has 0 unspecified atom stereocenters. The normalized spacial score (nSPS) is 41.5. The second kappa shape index (κ2) is 4.05. The van der Waals surface area contributed by atoms with Gasteiger partial charge in [0.05, 0.1) is 0 Å². The monoisotopic (exact) mass is 246 g/mol. The van der Waals surface area contributed by atoms with Gasteiger partial charge in [-0.25, -0.2) is 0 Å². The summed E-state index contributed by atoms with van der Waals surface area (Å²) in [6, 6.07) is 0. The van der Waals surface area contributed by atoms with Crippen molar-refractivity contribution < 1.29 is 0 Å². The number of rotatable bonds is 3. The third kappa shape index (κ3) is 1.54. The van der Waals surface area contributed by atoms with Gasteiger partial charge in [-0.05, 0) is 55.8 Å². The van der Waals surface area contributed by atoms with Crippen LogP contribution in [0.2, 0.25) is 0 Å². The third-order valence-corrected chi connectivity index (χ3v) is 5.54. The summed E-state index contributed by atoms with van der Waals surface area (Å²) in [4.78, 5) is 0. The fourth-order valence-corrected chi connectivity index (χ4v) is 5.18. The Bertz CT molecular complexity index is 411. The predicted octanol–water partition coefficient (Wildman–Crippen LogP) is 1.78. The molecule has 4 aliphatic rings. The summed E-state index contributed by atoms with van der Waals surface area (Å²) >= 11 is 0. The standard InChI is InChI=1S/C14H22N4/c15-1-2-18-8-16-17-14(18)13-11-4-9-3-10(6-11)7-12(13)5-9/h8-13H,1-7,15H2. The lowest BCUT2D eigenvalue weighted by atomic mass is 9.51. The largest absolute Gasteiger partial charge is 0.329 e. The van der Waals surface area contributed by atoms with E-state index in [-0.39, 0.29) is 0 Å². The molecule has 1 aromatic rings. The van der Waals surface area contributed by atoms with Crippen molar-refractivity contribution in [3.05, 3.63) is 12.2 Å². The molecule has 98 valence electrons. The quantitative estimate of drug-likeness (QED) is 0.884. The molecule has 4 saturated carbocycles. The topological polar surface area (TPSA) is 56.7 Å². The van der Waals surface area contributed by atoms with Gasteiger partial charge in [-0.3, -0.25) is 0 Å². The lowest BCUT2D eigenvalue weighted by molar-refractivity contribution is -0.00685. The Balaban J connectivity index is 1.66. The Morgan fingerprint density at radius 1 is 1.11 bits per heavy atom. The van der Waals surface area contributed by atoms with Crippen LogP contribution in [0.3, 0.4) is 0 Å². The molecular formula is C14H22N4. The molecule has 0 aromatic carbocycles. The highest BCUT2D eigenvalue weighted by Gasteiger charge is 2.50. The molecule has 4 bridgehead atoms. The maximum atomic E-state index is 5.69. The molecule has 0 atom stereocenters. The van der Waals surface area contributed by atoms with E-state index < -0.39 is 0 Å². The molecule has 0 radical (unpaired) electrons. The Labute approximate surface area is 108 Å². The number of aromatic nitrogens is 3. The Morgan fingerprint density at radius 2 is 1.78 bits per heavy atom. The van der Waals surface area contributed by atoms with Gasteiger partial charge in [0.2, 0.25) is 0 Å². The molecule has 4 heteroatoms. The van der Waals surface area contributed by atoms with Gasteiger partial charge in [-0.15, -0.1) is 10.2 Å². The highest BCUT2D eigenvalue weighted by atomic mass is 15.3. The Kier molecular flexibility index (Phi) is 2.47. The molecule has 0 amide bonds. The van der Waals surface area contributed by atoms with E-state index >= 15 is 0 Å². The maximum Gasteiger partial charge on any atom is 0.136 e. The highest BCUT2D eigenvalue weighted by Crippen LogP contribution is 2.59. The first kappa shape index (κ1) is 11.0. The summed E-state index contributed by atoms with van der Waals surface area (Å²) in [5.74, 6) is 5.70. The summed E-state index contributed by atoms with van der Waals surface area (Å²) in [6.45, 7) is 1.55. The number of nitrogens with zero attached hydrogens (tertiary/aromatic N) is 3. The minimum Gasteiger partial charge on any atom is -0.329 e. The van der Waals surface area contributed by atoms with Crippen molar-refractivity contribution in [2.24, 2.45) is 29.4 Å². The van der Waals surface area contributed by atoms with Crippen molar-refractivity contribution >= 4 is 0 Å². The summed E-state index contributed by atoms with van der Waals surface area (Å²) in [5.41, 5.74) is 5.69. The number of hydrogen-bond acceptors (Lipinski definition) is 3. The van der Waals surface area contributed by atoms with E-state index in [1.165, 1.54) is 37.9 Å². The molecule has 2 N–H and O–H groups in total. The van der Waals surface area contributed by atoms with Crippen LogP contribution >= 0.6 is 0 Å². The van der Waals surface area contributed by atoms with Gasteiger partial charge in [-0.2, -0.15) is 0 Å². The van der Waals surface area contributed by atoms with E-state index in [0.717, 1.165) is 30.2 Å². The van der Waals surface area contributed by atoms with Gasteiger partial charge in [0.1, 0.15) is 12.2 Å². The molecule has 4 nitrogen and oxygen atoms in total. The van der Waals surface area contributed by atoms with Crippen LogP contribution in [0.1, 0.15) is 43.8 Å². The predicted molar refractivity (Wildman–Crippen MR) is 68.9 cm³/mol. The van der Waals surface area contributed by atoms with Crippen LogP contribution < -0.4 is 5.73 Å².